The van der Waals surface area contributed by atoms with Crippen LogP contribution in [0.4, 0.5) is 0 Å². The molecule has 1 unspecified atom stereocenters. The number of benzene rings is 1. The fraction of sp³-hybridized carbons (Fsp3) is 0.526. The molecule has 1 amide bonds. The summed E-state index contributed by atoms with van der Waals surface area (Å²) in [5, 5.41) is 0.992. The standard InChI is InChI=1S/C19H26N2O2/c20-11-6-2-1-3-7-15-10-12-21(14-15)19(22)18-13-16-8-4-5-9-17(16)23-18/h4-5,8-9,13,15H,1-3,6-7,10-12,14,20H2. The first-order chi connectivity index (χ1) is 11.3. The van der Waals surface area contributed by atoms with Crippen molar-refractivity contribution in [3.05, 3.63) is 36.1 Å². The second-order valence-electron chi connectivity index (χ2n) is 6.55. The summed E-state index contributed by atoms with van der Waals surface area (Å²) in [5.74, 6) is 1.14. The molecule has 0 radical (unpaired) electrons. The average Bonchev–Trinajstić information content (AvgIpc) is 3.20. The summed E-state index contributed by atoms with van der Waals surface area (Å²) in [7, 11) is 0. The van der Waals surface area contributed by atoms with Gasteiger partial charge in [0.1, 0.15) is 5.58 Å². The number of rotatable bonds is 7. The van der Waals surface area contributed by atoms with E-state index in [1.165, 1.54) is 25.7 Å². The monoisotopic (exact) mass is 314 g/mol. The molecule has 0 spiro atoms. The summed E-state index contributed by atoms with van der Waals surface area (Å²) in [6.07, 6.45) is 7.19. The van der Waals surface area contributed by atoms with E-state index in [0.29, 0.717) is 11.7 Å². The van der Waals surface area contributed by atoms with Gasteiger partial charge >= 0.3 is 0 Å². The highest BCUT2D eigenvalue weighted by molar-refractivity contribution is 5.96. The van der Waals surface area contributed by atoms with E-state index >= 15 is 0 Å². The zero-order chi connectivity index (χ0) is 16.1. The number of hydrogen-bond acceptors (Lipinski definition) is 3. The molecule has 0 aliphatic carbocycles. The van der Waals surface area contributed by atoms with Crippen LogP contribution < -0.4 is 5.73 Å². The third-order valence-corrected chi connectivity index (χ3v) is 4.78. The van der Waals surface area contributed by atoms with Crippen molar-refractivity contribution < 1.29 is 9.21 Å². The lowest BCUT2D eigenvalue weighted by Crippen LogP contribution is -2.28. The molecule has 23 heavy (non-hydrogen) atoms. The first-order valence-corrected chi connectivity index (χ1v) is 8.76. The van der Waals surface area contributed by atoms with Crippen LogP contribution in [0.15, 0.2) is 34.7 Å². The van der Waals surface area contributed by atoms with Crippen LogP contribution in [0.1, 0.15) is 49.1 Å². The van der Waals surface area contributed by atoms with E-state index in [1.807, 2.05) is 35.2 Å². The number of carbonyl (C=O) groups is 1. The number of likely N-dealkylation sites (tertiary alicyclic amines) is 1. The highest BCUT2D eigenvalue weighted by Crippen LogP contribution is 2.26. The molecule has 124 valence electrons. The normalized spacial score (nSPS) is 18.0. The maximum absolute atomic E-state index is 12.6. The van der Waals surface area contributed by atoms with Crippen molar-refractivity contribution >= 4 is 16.9 Å². The van der Waals surface area contributed by atoms with Crippen LogP contribution in [0.3, 0.4) is 0 Å². The predicted molar refractivity (Wildman–Crippen MR) is 92.4 cm³/mol. The number of nitrogens with zero attached hydrogens (tertiary/aromatic N) is 1. The van der Waals surface area contributed by atoms with Gasteiger partial charge in [-0.2, -0.15) is 0 Å². The molecule has 2 aromatic rings. The molecule has 4 heteroatoms. The van der Waals surface area contributed by atoms with Crippen molar-refractivity contribution in [2.45, 2.75) is 38.5 Å². The molecular weight excluding hydrogens is 288 g/mol. The van der Waals surface area contributed by atoms with Crippen molar-refractivity contribution in [1.82, 2.24) is 4.90 Å². The number of fused-ring (bicyclic) bond motifs is 1. The SMILES string of the molecule is NCCCCCCC1CCN(C(=O)c2cc3ccccc3o2)C1. The van der Waals surface area contributed by atoms with E-state index in [1.54, 1.807) is 0 Å². The van der Waals surface area contributed by atoms with Crippen molar-refractivity contribution in [2.75, 3.05) is 19.6 Å². The predicted octanol–water partition coefficient (Wildman–Crippen LogP) is 3.80. The third-order valence-electron chi connectivity index (χ3n) is 4.78. The van der Waals surface area contributed by atoms with Crippen molar-refractivity contribution in [3.63, 3.8) is 0 Å². The number of unbranched alkanes of at least 4 members (excludes halogenated alkanes) is 3. The summed E-state index contributed by atoms with van der Waals surface area (Å²) in [5.41, 5.74) is 6.30. The molecule has 0 saturated carbocycles. The largest absolute Gasteiger partial charge is 0.451 e. The first-order valence-electron chi connectivity index (χ1n) is 8.76. The van der Waals surface area contributed by atoms with Gasteiger partial charge in [0.2, 0.25) is 0 Å². The Morgan fingerprint density at radius 1 is 1.22 bits per heavy atom. The summed E-state index contributed by atoms with van der Waals surface area (Å²) >= 11 is 0. The molecule has 1 fully saturated rings. The number of carbonyl (C=O) groups excluding carboxylic acids is 1. The van der Waals surface area contributed by atoms with Gasteiger partial charge in [-0.1, -0.05) is 37.5 Å². The molecular formula is C19H26N2O2. The number of hydrogen-bond donors (Lipinski definition) is 1. The van der Waals surface area contributed by atoms with Crippen LogP contribution in [0.5, 0.6) is 0 Å². The summed E-state index contributed by atoms with van der Waals surface area (Å²) in [6, 6.07) is 9.63. The highest BCUT2D eigenvalue weighted by Gasteiger charge is 2.28. The Bertz CT molecular complexity index is 617. The summed E-state index contributed by atoms with van der Waals surface area (Å²) < 4.78 is 5.70. The van der Waals surface area contributed by atoms with Crippen LogP contribution in [0.2, 0.25) is 0 Å². The molecule has 0 bridgehead atoms. The topological polar surface area (TPSA) is 59.5 Å². The zero-order valence-electron chi connectivity index (χ0n) is 13.7. The minimum absolute atomic E-state index is 0.0341. The number of amides is 1. The van der Waals surface area contributed by atoms with Crippen LogP contribution in [-0.2, 0) is 0 Å². The average molecular weight is 314 g/mol. The Morgan fingerprint density at radius 3 is 2.87 bits per heavy atom. The molecule has 2 N–H and O–H groups in total. The van der Waals surface area contributed by atoms with Gasteiger partial charge in [0, 0.05) is 18.5 Å². The molecule has 1 aromatic carbocycles. The molecule has 1 aliphatic rings. The van der Waals surface area contributed by atoms with E-state index in [2.05, 4.69) is 0 Å². The van der Waals surface area contributed by atoms with Gasteiger partial charge in [-0.25, -0.2) is 0 Å². The fourth-order valence-corrected chi connectivity index (χ4v) is 3.43. The van der Waals surface area contributed by atoms with Crippen molar-refractivity contribution in [1.29, 1.82) is 0 Å². The lowest BCUT2D eigenvalue weighted by Gasteiger charge is -2.15. The molecule has 1 aromatic heterocycles. The Morgan fingerprint density at radius 2 is 2.04 bits per heavy atom. The number of para-hydroxylation sites is 1. The maximum atomic E-state index is 12.6. The Hall–Kier alpha value is -1.81. The van der Waals surface area contributed by atoms with Gasteiger partial charge < -0.3 is 15.1 Å². The van der Waals surface area contributed by atoms with Crippen LogP contribution in [0.25, 0.3) is 11.0 Å². The molecule has 1 aliphatic heterocycles. The first kappa shape index (κ1) is 16.1. The van der Waals surface area contributed by atoms with Crippen molar-refractivity contribution in [3.8, 4) is 0 Å². The maximum Gasteiger partial charge on any atom is 0.289 e. The van der Waals surface area contributed by atoms with Gasteiger partial charge in [-0.15, -0.1) is 0 Å². The van der Waals surface area contributed by atoms with Crippen molar-refractivity contribution in [2.24, 2.45) is 11.7 Å². The number of nitrogens with two attached hydrogens (primary N) is 1. The minimum Gasteiger partial charge on any atom is -0.451 e. The molecule has 3 rings (SSSR count). The molecule has 1 saturated heterocycles. The molecule has 1 atom stereocenters. The number of furan rings is 1. The van der Waals surface area contributed by atoms with E-state index < -0.39 is 0 Å². The highest BCUT2D eigenvalue weighted by atomic mass is 16.3. The Kier molecular flexibility index (Phi) is 5.34. The van der Waals surface area contributed by atoms with Gasteiger partial charge in [0.05, 0.1) is 0 Å². The molecule has 2 heterocycles. The zero-order valence-corrected chi connectivity index (χ0v) is 13.7. The second-order valence-corrected chi connectivity index (χ2v) is 6.55. The van der Waals surface area contributed by atoms with E-state index in [0.717, 1.165) is 43.4 Å². The van der Waals surface area contributed by atoms with Gasteiger partial charge in [0.25, 0.3) is 5.91 Å². The Labute approximate surface area is 137 Å². The lowest BCUT2D eigenvalue weighted by atomic mass is 10.00. The van der Waals surface area contributed by atoms with E-state index in [-0.39, 0.29) is 5.91 Å². The Balaban J connectivity index is 1.51. The van der Waals surface area contributed by atoms with E-state index in [4.69, 9.17) is 10.2 Å². The second kappa shape index (κ2) is 7.64. The minimum atomic E-state index is 0.0341. The van der Waals surface area contributed by atoms with Gasteiger partial charge in [-0.3, -0.25) is 4.79 Å². The third kappa shape index (κ3) is 3.94. The van der Waals surface area contributed by atoms with Crippen LogP contribution in [-0.4, -0.2) is 30.4 Å². The smallest absolute Gasteiger partial charge is 0.289 e. The summed E-state index contributed by atoms with van der Waals surface area (Å²) in [4.78, 5) is 14.5. The fourth-order valence-electron chi connectivity index (χ4n) is 3.43. The van der Waals surface area contributed by atoms with Gasteiger partial charge in [-0.05, 0) is 43.9 Å². The van der Waals surface area contributed by atoms with Crippen LogP contribution >= 0.6 is 0 Å². The van der Waals surface area contributed by atoms with E-state index in [9.17, 15) is 4.79 Å². The van der Waals surface area contributed by atoms with Crippen LogP contribution in [0, 0.1) is 5.92 Å². The lowest BCUT2D eigenvalue weighted by molar-refractivity contribution is 0.0757. The summed E-state index contributed by atoms with van der Waals surface area (Å²) in [6.45, 7) is 2.51. The molecule has 4 nitrogen and oxygen atoms in total. The van der Waals surface area contributed by atoms with Gasteiger partial charge in [0.15, 0.2) is 5.76 Å². The quantitative estimate of drug-likeness (QED) is 0.791.